The molecule has 0 aliphatic carbocycles. The molecule has 90 valence electrons. The average Bonchev–Trinajstić information content (AvgIpc) is 3.01. The number of aromatic nitrogens is 4. The van der Waals surface area contributed by atoms with Gasteiger partial charge >= 0.3 is 0 Å². The Bertz CT molecular complexity index is 728. The quantitative estimate of drug-likeness (QED) is 0.679. The van der Waals surface area contributed by atoms with E-state index < -0.39 is 0 Å². The smallest absolute Gasteiger partial charge is 0.199 e. The van der Waals surface area contributed by atoms with Crippen LogP contribution in [0.15, 0.2) is 28.9 Å². The van der Waals surface area contributed by atoms with Crippen molar-refractivity contribution in [1.29, 1.82) is 0 Å². The number of hydrogen-bond donors (Lipinski definition) is 1. The Labute approximate surface area is 101 Å². The number of rotatable bonds is 2. The van der Waals surface area contributed by atoms with Crippen molar-refractivity contribution in [2.24, 2.45) is 0 Å². The molecule has 3 aromatic rings. The molecule has 1 atom stereocenters. The highest BCUT2D eigenvalue weighted by Crippen LogP contribution is 2.35. The van der Waals surface area contributed by atoms with Crippen molar-refractivity contribution in [1.82, 2.24) is 19.9 Å². The van der Waals surface area contributed by atoms with Gasteiger partial charge in [-0.3, -0.25) is 4.57 Å². The van der Waals surface area contributed by atoms with E-state index in [0.29, 0.717) is 18.1 Å². The second-order valence-corrected chi connectivity index (χ2v) is 4.08. The van der Waals surface area contributed by atoms with E-state index >= 15 is 0 Å². The van der Waals surface area contributed by atoms with Gasteiger partial charge < -0.3 is 10.5 Å². The molecule has 0 bridgehead atoms. The number of anilines is 1. The minimum absolute atomic E-state index is 0.0106. The van der Waals surface area contributed by atoms with Gasteiger partial charge in [0, 0.05) is 0 Å². The molecule has 7 heteroatoms. The van der Waals surface area contributed by atoms with E-state index in [1.54, 1.807) is 0 Å². The molecule has 2 aromatic heterocycles. The van der Waals surface area contributed by atoms with Crippen LogP contribution >= 0.6 is 0 Å². The third-order valence-corrected chi connectivity index (χ3v) is 2.93. The molecule has 1 aromatic carbocycles. The van der Waals surface area contributed by atoms with Gasteiger partial charge in [-0.2, -0.15) is 0 Å². The zero-order valence-corrected chi connectivity index (χ0v) is 9.28. The summed E-state index contributed by atoms with van der Waals surface area (Å²) in [5.41, 5.74) is 8.02. The molecule has 0 radical (unpaired) electrons. The largest absolute Gasteiger partial charge is 0.379 e. The molecule has 1 unspecified atom stereocenters. The second kappa shape index (κ2) is 3.30. The van der Waals surface area contributed by atoms with Crippen LogP contribution in [-0.4, -0.2) is 26.5 Å². The van der Waals surface area contributed by atoms with Gasteiger partial charge in [-0.05, 0) is 22.4 Å². The summed E-state index contributed by atoms with van der Waals surface area (Å²) in [5, 5.41) is 7.38. The predicted molar refractivity (Wildman–Crippen MR) is 62.4 cm³/mol. The van der Waals surface area contributed by atoms with Gasteiger partial charge in [0.1, 0.15) is 0 Å². The first-order valence-electron chi connectivity index (χ1n) is 5.51. The summed E-state index contributed by atoms with van der Waals surface area (Å²) >= 11 is 0. The Kier molecular flexibility index (Phi) is 1.76. The van der Waals surface area contributed by atoms with Crippen molar-refractivity contribution in [3.05, 3.63) is 24.3 Å². The van der Waals surface area contributed by atoms with E-state index in [9.17, 15) is 0 Å². The van der Waals surface area contributed by atoms with Crippen molar-refractivity contribution in [3.63, 3.8) is 0 Å². The highest BCUT2D eigenvalue weighted by molar-refractivity contribution is 5.81. The highest BCUT2D eigenvalue weighted by Gasteiger charge is 2.31. The van der Waals surface area contributed by atoms with Gasteiger partial charge in [0.15, 0.2) is 23.6 Å². The van der Waals surface area contributed by atoms with Crippen LogP contribution in [0.1, 0.15) is 6.23 Å². The lowest BCUT2D eigenvalue weighted by atomic mass is 10.3. The van der Waals surface area contributed by atoms with Crippen LogP contribution in [-0.2, 0) is 4.74 Å². The van der Waals surface area contributed by atoms with Crippen LogP contribution in [0.25, 0.3) is 22.6 Å². The molecule has 1 aliphatic heterocycles. The third-order valence-electron chi connectivity index (χ3n) is 2.93. The maximum absolute atomic E-state index is 5.72. The summed E-state index contributed by atoms with van der Waals surface area (Å²) in [5.74, 6) is 0.852. The fraction of sp³-hybridized carbons (Fsp3) is 0.182. The van der Waals surface area contributed by atoms with E-state index in [-0.39, 0.29) is 12.0 Å². The van der Waals surface area contributed by atoms with Crippen molar-refractivity contribution >= 4 is 16.9 Å². The summed E-state index contributed by atoms with van der Waals surface area (Å²) in [6.07, 6.45) is -0.0106. The van der Waals surface area contributed by atoms with Gasteiger partial charge in [0.25, 0.3) is 0 Å². The molecule has 0 spiro atoms. The number of nitrogen functional groups attached to an aromatic ring is 1. The number of ether oxygens (including phenoxy) is 1. The van der Waals surface area contributed by atoms with E-state index in [2.05, 4.69) is 19.9 Å². The van der Waals surface area contributed by atoms with Crippen molar-refractivity contribution in [2.45, 2.75) is 6.23 Å². The minimum Gasteiger partial charge on any atom is -0.379 e. The SMILES string of the molecule is Nc1nonc1-c1nc2ccccc2n1C1CO1. The molecule has 0 amide bonds. The van der Waals surface area contributed by atoms with Gasteiger partial charge in [0.2, 0.25) is 0 Å². The number of epoxide rings is 1. The normalized spacial score (nSPS) is 18.3. The van der Waals surface area contributed by atoms with Crippen LogP contribution in [0.2, 0.25) is 0 Å². The first kappa shape index (κ1) is 9.60. The van der Waals surface area contributed by atoms with Gasteiger partial charge in [-0.25, -0.2) is 9.61 Å². The van der Waals surface area contributed by atoms with Crippen molar-refractivity contribution in [2.75, 3.05) is 12.3 Å². The lowest BCUT2D eigenvalue weighted by molar-refractivity contribution is 0.309. The van der Waals surface area contributed by atoms with Crippen molar-refractivity contribution in [3.8, 4) is 11.5 Å². The van der Waals surface area contributed by atoms with E-state index in [0.717, 1.165) is 11.0 Å². The lowest BCUT2D eigenvalue weighted by Gasteiger charge is -2.02. The second-order valence-electron chi connectivity index (χ2n) is 4.08. The minimum atomic E-state index is -0.0106. The zero-order chi connectivity index (χ0) is 12.1. The Morgan fingerprint density at radius 3 is 2.83 bits per heavy atom. The zero-order valence-electron chi connectivity index (χ0n) is 9.28. The Balaban J connectivity index is 2.05. The molecule has 1 fully saturated rings. The lowest BCUT2D eigenvalue weighted by Crippen LogP contribution is -2.00. The fourth-order valence-electron chi connectivity index (χ4n) is 2.05. The summed E-state index contributed by atoms with van der Waals surface area (Å²) in [6, 6.07) is 7.80. The van der Waals surface area contributed by atoms with Crippen LogP contribution in [0.3, 0.4) is 0 Å². The van der Waals surface area contributed by atoms with E-state index in [1.165, 1.54) is 0 Å². The number of nitrogens with zero attached hydrogens (tertiary/aromatic N) is 4. The summed E-state index contributed by atoms with van der Waals surface area (Å²) in [6.45, 7) is 0.665. The maximum Gasteiger partial charge on any atom is 0.199 e. The van der Waals surface area contributed by atoms with Crippen LogP contribution < -0.4 is 5.73 Å². The maximum atomic E-state index is 5.72. The predicted octanol–water partition coefficient (Wildman–Crippen LogP) is 1.20. The number of nitrogens with two attached hydrogens (primary N) is 1. The average molecular weight is 243 g/mol. The molecule has 18 heavy (non-hydrogen) atoms. The monoisotopic (exact) mass is 243 g/mol. The number of imidazole rings is 1. The van der Waals surface area contributed by atoms with Gasteiger partial charge in [-0.15, -0.1) is 0 Å². The van der Waals surface area contributed by atoms with Crippen LogP contribution in [0, 0.1) is 0 Å². The molecule has 1 aliphatic rings. The Morgan fingerprint density at radius 2 is 2.11 bits per heavy atom. The van der Waals surface area contributed by atoms with E-state index in [4.69, 9.17) is 10.5 Å². The Morgan fingerprint density at radius 1 is 1.28 bits per heavy atom. The Hall–Kier alpha value is -2.41. The molecular formula is C11H9N5O2. The van der Waals surface area contributed by atoms with Crippen LogP contribution in [0.4, 0.5) is 5.82 Å². The number of hydrogen-bond acceptors (Lipinski definition) is 6. The number of para-hydroxylation sites is 2. The molecule has 0 saturated carbocycles. The standard InChI is InChI=1S/C11H9N5O2/c12-10-9(14-18-15-10)11-13-6-3-1-2-4-7(6)16(11)8-5-17-8/h1-4,8H,5H2,(H2,12,15). The molecule has 1 saturated heterocycles. The molecular weight excluding hydrogens is 234 g/mol. The number of fused-ring (bicyclic) bond motifs is 1. The van der Waals surface area contributed by atoms with Crippen molar-refractivity contribution < 1.29 is 9.37 Å². The van der Waals surface area contributed by atoms with Gasteiger partial charge in [0.05, 0.1) is 17.6 Å². The molecule has 2 N–H and O–H groups in total. The topological polar surface area (TPSA) is 95.3 Å². The first-order chi connectivity index (χ1) is 8.84. The molecule has 3 heterocycles. The first-order valence-corrected chi connectivity index (χ1v) is 5.51. The summed E-state index contributed by atoms with van der Waals surface area (Å²) < 4.78 is 11.9. The van der Waals surface area contributed by atoms with Gasteiger partial charge in [-0.1, -0.05) is 12.1 Å². The third kappa shape index (κ3) is 1.25. The summed E-state index contributed by atoms with van der Waals surface area (Å²) in [4.78, 5) is 4.52. The highest BCUT2D eigenvalue weighted by atomic mass is 16.6. The molecule has 7 nitrogen and oxygen atoms in total. The fourth-order valence-corrected chi connectivity index (χ4v) is 2.05. The van der Waals surface area contributed by atoms with E-state index in [1.807, 2.05) is 28.8 Å². The number of benzene rings is 1. The summed E-state index contributed by atoms with van der Waals surface area (Å²) in [7, 11) is 0. The van der Waals surface area contributed by atoms with Crippen LogP contribution in [0.5, 0.6) is 0 Å². The molecule has 4 rings (SSSR count).